The molecule has 1 aliphatic rings. The van der Waals surface area contributed by atoms with Crippen LogP contribution < -0.4 is 4.90 Å². The van der Waals surface area contributed by atoms with Crippen molar-refractivity contribution in [1.82, 2.24) is 4.98 Å². The Kier molecular flexibility index (Phi) is 3.22. The summed E-state index contributed by atoms with van der Waals surface area (Å²) in [6.07, 6.45) is 3.21. The molecule has 2 aromatic rings. The molecule has 0 fully saturated rings. The Bertz CT molecular complexity index is 652. The van der Waals surface area contributed by atoms with Crippen molar-refractivity contribution in [3.63, 3.8) is 0 Å². The van der Waals surface area contributed by atoms with Crippen LogP contribution in [0.25, 0.3) is 0 Å². The van der Waals surface area contributed by atoms with E-state index in [-0.39, 0.29) is 11.7 Å². The van der Waals surface area contributed by atoms with Gasteiger partial charge in [-0.25, -0.2) is 4.39 Å². The molecule has 20 heavy (non-hydrogen) atoms. The van der Waals surface area contributed by atoms with Crippen LogP contribution in [0.1, 0.15) is 28.0 Å². The van der Waals surface area contributed by atoms with Crippen LogP contribution in [0.15, 0.2) is 36.5 Å². The van der Waals surface area contributed by atoms with Crippen molar-refractivity contribution in [3.8, 4) is 0 Å². The van der Waals surface area contributed by atoms with Crippen molar-refractivity contribution in [2.75, 3.05) is 11.4 Å². The zero-order valence-corrected chi connectivity index (χ0v) is 11.3. The van der Waals surface area contributed by atoms with Gasteiger partial charge in [-0.15, -0.1) is 0 Å². The van der Waals surface area contributed by atoms with E-state index < -0.39 is 0 Å². The van der Waals surface area contributed by atoms with Gasteiger partial charge in [0.15, 0.2) is 0 Å². The van der Waals surface area contributed by atoms with Crippen molar-refractivity contribution in [1.29, 1.82) is 0 Å². The average Bonchev–Trinajstić information content (AvgIpc) is 2.47. The van der Waals surface area contributed by atoms with E-state index in [2.05, 4.69) is 4.98 Å². The summed E-state index contributed by atoms with van der Waals surface area (Å²) in [5.41, 5.74) is 2.66. The fourth-order valence-corrected chi connectivity index (χ4v) is 2.56. The Morgan fingerprint density at radius 1 is 1.30 bits per heavy atom. The van der Waals surface area contributed by atoms with Crippen molar-refractivity contribution in [2.24, 2.45) is 0 Å². The lowest BCUT2D eigenvalue weighted by molar-refractivity contribution is 0.0984. The summed E-state index contributed by atoms with van der Waals surface area (Å²) in [4.78, 5) is 18.2. The molecule has 0 atom stereocenters. The second kappa shape index (κ2) is 5.04. The van der Waals surface area contributed by atoms with E-state index in [9.17, 15) is 9.18 Å². The third kappa shape index (κ3) is 2.18. The maximum absolute atomic E-state index is 14.1. The molecule has 102 valence electrons. The lowest BCUT2D eigenvalue weighted by Crippen LogP contribution is -2.36. The molecular formula is C16H15FN2O. The number of amides is 1. The normalized spacial score (nSPS) is 14.0. The Labute approximate surface area is 117 Å². The number of aromatic nitrogens is 1. The number of fused-ring (bicyclic) bond motifs is 1. The van der Waals surface area contributed by atoms with Gasteiger partial charge in [-0.05, 0) is 43.5 Å². The molecule has 3 rings (SSSR count). The monoisotopic (exact) mass is 270 g/mol. The maximum atomic E-state index is 14.1. The van der Waals surface area contributed by atoms with E-state index in [0.29, 0.717) is 17.8 Å². The second-order valence-electron chi connectivity index (χ2n) is 5.00. The molecule has 0 saturated carbocycles. The third-order valence-electron chi connectivity index (χ3n) is 3.57. The highest BCUT2D eigenvalue weighted by Gasteiger charge is 2.26. The second-order valence-corrected chi connectivity index (χ2v) is 5.00. The zero-order chi connectivity index (χ0) is 14.1. The summed E-state index contributed by atoms with van der Waals surface area (Å²) in [7, 11) is 0. The Morgan fingerprint density at radius 2 is 2.15 bits per heavy atom. The molecule has 3 nitrogen and oxygen atoms in total. The van der Waals surface area contributed by atoms with Crippen molar-refractivity contribution in [3.05, 3.63) is 59.2 Å². The number of hydrogen-bond acceptors (Lipinski definition) is 2. The summed E-state index contributed by atoms with van der Waals surface area (Å²) in [6.45, 7) is 2.41. The predicted octanol–water partition coefficient (Wildman–Crippen LogP) is 3.12. The minimum absolute atomic E-state index is 0.191. The van der Waals surface area contributed by atoms with E-state index in [1.165, 1.54) is 11.0 Å². The number of carbonyl (C=O) groups is 1. The number of aryl methyl sites for hydroxylation is 2. The Hall–Kier alpha value is -2.23. The van der Waals surface area contributed by atoms with Crippen molar-refractivity contribution in [2.45, 2.75) is 19.8 Å². The molecule has 0 aliphatic carbocycles. The van der Waals surface area contributed by atoms with Gasteiger partial charge in [0.1, 0.15) is 5.82 Å². The van der Waals surface area contributed by atoms with Crippen LogP contribution in [0.3, 0.4) is 0 Å². The van der Waals surface area contributed by atoms with Crippen LogP contribution >= 0.6 is 0 Å². The van der Waals surface area contributed by atoms with Gasteiger partial charge < -0.3 is 4.90 Å². The summed E-state index contributed by atoms with van der Waals surface area (Å²) < 4.78 is 14.1. The van der Waals surface area contributed by atoms with Crippen LogP contribution in [0.4, 0.5) is 10.1 Å². The Morgan fingerprint density at radius 3 is 2.90 bits per heavy atom. The van der Waals surface area contributed by atoms with Gasteiger partial charge in [0.05, 0.1) is 11.3 Å². The highest BCUT2D eigenvalue weighted by atomic mass is 19.1. The molecule has 1 aromatic carbocycles. The van der Waals surface area contributed by atoms with Gasteiger partial charge in [-0.2, -0.15) is 0 Å². The number of anilines is 1. The van der Waals surface area contributed by atoms with E-state index in [4.69, 9.17) is 0 Å². The molecule has 0 spiro atoms. The molecule has 0 saturated heterocycles. The quantitative estimate of drug-likeness (QED) is 0.797. The number of benzene rings is 1. The molecule has 1 aliphatic heterocycles. The number of rotatable bonds is 1. The molecule has 0 radical (unpaired) electrons. The van der Waals surface area contributed by atoms with Gasteiger partial charge in [0, 0.05) is 18.4 Å². The molecule has 1 amide bonds. The van der Waals surface area contributed by atoms with Crippen LogP contribution in [0.5, 0.6) is 0 Å². The lowest BCUT2D eigenvalue weighted by Gasteiger charge is -2.29. The van der Waals surface area contributed by atoms with Gasteiger partial charge in [0.25, 0.3) is 5.91 Å². The van der Waals surface area contributed by atoms with Gasteiger partial charge in [0.2, 0.25) is 0 Å². The maximum Gasteiger partial charge on any atom is 0.259 e. The average molecular weight is 270 g/mol. The molecule has 4 heteroatoms. The molecule has 2 heterocycles. The number of hydrogen-bond donors (Lipinski definition) is 0. The number of carbonyl (C=O) groups excluding carboxylic acids is 1. The fraction of sp³-hybridized carbons (Fsp3) is 0.250. The highest BCUT2D eigenvalue weighted by Crippen LogP contribution is 2.30. The minimum atomic E-state index is -0.337. The first-order chi connectivity index (χ1) is 9.66. The van der Waals surface area contributed by atoms with Crippen molar-refractivity contribution >= 4 is 11.6 Å². The number of nitrogens with zero attached hydrogens (tertiary/aromatic N) is 2. The number of para-hydroxylation sites is 1. The van der Waals surface area contributed by atoms with Gasteiger partial charge in [-0.1, -0.05) is 12.1 Å². The minimum Gasteiger partial charge on any atom is -0.305 e. The van der Waals surface area contributed by atoms with Crippen LogP contribution in [0.2, 0.25) is 0 Å². The summed E-state index contributed by atoms with van der Waals surface area (Å²) in [5.74, 6) is -0.529. The van der Waals surface area contributed by atoms with Gasteiger partial charge >= 0.3 is 0 Å². The fourth-order valence-electron chi connectivity index (χ4n) is 2.56. The van der Waals surface area contributed by atoms with Crippen LogP contribution in [0, 0.1) is 12.7 Å². The van der Waals surface area contributed by atoms with E-state index in [1.807, 2.05) is 13.0 Å². The predicted molar refractivity (Wildman–Crippen MR) is 75.4 cm³/mol. The molecule has 0 bridgehead atoms. The first kappa shape index (κ1) is 12.8. The smallest absolute Gasteiger partial charge is 0.259 e. The zero-order valence-electron chi connectivity index (χ0n) is 11.3. The van der Waals surface area contributed by atoms with E-state index in [0.717, 1.165) is 24.1 Å². The standard InChI is InChI=1S/C16H15FN2O/c1-11-7-8-13(10-18-11)16(20)19-9-3-5-12-4-2-6-14(17)15(12)19/h2,4,6-8,10H,3,5,9H2,1H3. The van der Waals surface area contributed by atoms with Crippen molar-refractivity contribution < 1.29 is 9.18 Å². The largest absolute Gasteiger partial charge is 0.305 e. The Balaban J connectivity index is 2.00. The first-order valence-electron chi connectivity index (χ1n) is 6.69. The summed E-state index contributed by atoms with van der Waals surface area (Å²) in [5, 5.41) is 0. The van der Waals surface area contributed by atoms with Crippen LogP contribution in [-0.4, -0.2) is 17.4 Å². The third-order valence-corrected chi connectivity index (χ3v) is 3.57. The van der Waals surface area contributed by atoms with E-state index in [1.54, 1.807) is 24.4 Å². The van der Waals surface area contributed by atoms with E-state index >= 15 is 0 Å². The number of pyridine rings is 1. The topological polar surface area (TPSA) is 33.2 Å². The highest BCUT2D eigenvalue weighted by molar-refractivity contribution is 6.06. The molecule has 1 aromatic heterocycles. The summed E-state index contributed by atoms with van der Waals surface area (Å²) in [6, 6.07) is 8.50. The summed E-state index contributed by atoms with van der Waals surface area (Å²) >= 11 is 0. The van der Waals surface area contributed by atoms with Crippen LogP contribution in [-0.2, 0) is 6.42 Å². The molecule has 0 unspecified atom stereocenters. The SMILES string of the molecule is Cc1ccc(C(=O)N2CCCc3cccc(F)c32)cn1. The molecular weight excluding hydrogens is 255 g/mol. The number of halogens is 1. The first-order valence-corrected chi connectivity index (χ1v) is 6.69. The lowest BCUT2D eigenvalue weighted by atomic mass is 10.0. The molecule has 0 N–H and O–H groups in total. The van der Waals surface area contributed by atoms with Gasteiger partial charge in [-0.3, -0.25) is 9.78 Å².